The Morgan fingerprint density at radius 1 is 1.39 bits per heavy atom. The van der Waals surface area contributed by atoms with Crippen LogP contribution in [0.15, 0.2) is 40.9 Å². The SMILES string of the molecule is CC(=O)Oc1cc2oc(O)c[n+]2c2ccccc12. The Kier molecular flexibility index (Phi) is 2.19. The van der Waals surface area contributed by atoms with Gasteiger partial charge in [-0.3, -0.25) is 4.79 Å². The van der Waals surface area contributed by atoms with Crippen molar-refractivity contribution in [1.82, 2.24) is 0 Å². The lowest BCUT2D eigenvalue weighted by Gasteiger charge is -2.02. The lowest BCUT2D eigenvalue weighted by Crippen LogP contribution is -2.19. The average molecular weight is 244 g/mol. The van der Waals surface area contributed by atoms with Crippen molar-refractivity contribution in [2.75, 3.05) is 0 Å². The van der Waals surface area contributed by atoms with Gasteiger partial charge in [0.25, 0.3) is 6.20 Å². The minimum Gasteiger partial charge on any atom is -0.476 e. The third-order valence-electron chi connectivity index (χ3n) is 2.62. The van der Waals surface area contributed by atoms with Gasteiger partial charge in [0, 0.05) is 13.0 Å². The molecule has 2 aromatic heterocycles. The minimum absolute atomic E-state index is 0.194. The molecule has 0 saturated carbocycles. The largest absolute Gasteiger partial charge is 0.476 e. The highest BCUT2D eigenvalue weighted by atomic mass is 16.5. The summed E-state index contributed by atoms with van der Waals surface area (Å²) in [7, 11) is 0. The summed E-state index contributed by atoms with van der Waals surface area (Å²) in [6, 6.07) is 8.97. The molecule has 18 heavy (non-hydrogen) atoms. The number of benzene rings is 1. The summed E-state index contributed by atoms with van der Waals surface area (Å²) in [5.41, 5.74) is 1.19. The van der Waals surface area contributed by atoms with E-state index in [0.717, 1.165) is 10.9 Å². The van der Waals surface area contributed by atoms with E-state index in [1.165, 1.54) is 13.1 Å². The van der Waals surface area contributed by atoms with E-state index >= 15 is 0 Å². The summed E-state index contributed by atoms with van der Waals surface area (Å²) in [4.78, 5) is 11.1. The number of oxazole rings is 1. The van der Waals surface area contributed by atoms with Gasteiger partial charge in [0.05, 0.1) is 11.5 Å². The van der Waals surface area contributed by atoms with Crippen LogP contribution >= 0.6 is 0 Å². The molecular weight excluding hydrogens is 234 g/mol. The molecule has 0 amide bonds. The number of aromatic nitrogens is 1. The summed E-state index contributed by atoms with van der Waals surface area (Å²) in [6.07, 6.45) is 1.47. The standard InChI is InChI=1S/C13H9NO4/c1-8(15)17-11-6-12-14(7-13(16)18-12)10-5-3-2-4-9(10)11/h2-7H,1H3/p+1. The Morgan fingerprint density at radius 2 is 2.17 bits per heavy atom. The molecule has 0 radical (unpaired) electrons. The van der Waals surface area contributed by atoms with Gasteiger partial charge in [0.15, 0.2) is 5.75 Å². The molecule has 0 fully saturated rings. The molecule has 90 valence electrons. The third-order valence-corrected chi connectivity index (χ3v) is 2.62. The van der Waals surface area contributed by atoms with Gasteiger partial charge < -0.3 is 14.3 Å². The highest BCUT2D eigenvalue weighted by Crippen LogP contribution is 2.26. The predicted octanol–water partition coefficient (Wildman–Crippen LogP) is 1.80. The Labute approximate surface area is 102 Å². The molecule has 1 N–H and O–H groups in total. The molecule has 0 aliphatic heterocycles. The van der Waals surface area contributed by atoms with E-state index in [4.69, 9.17) is 9.15 Å². The number of hydrogen-bond acceptors (Lipinski definition) is 4. The zero-order valence-corrected chi connectivity index (χ0v) is 9.58. The molecular formula is C13H10NO4+. The first-order valence-corrected chi connectivity index (χ1v) is 5.39. The number of rotatable bonds is 1. The fourth-order valence-corrected chi connectivity index (χ4v) is 1.97. The normalized spacial score (nSPS) is 10.9. The van der Waals surface area contributed by atoms with Crippen LogP contribution in [0, 0.1) is 0 Å². The maximum absolute atomic E-state index is 11.1. The quantitative estimate of drug-likeness (QED) is 0.523. The third kappa shape index (κ3) is 1.57. The summed E-state index contributed by atoms with van der Waals surface area (Å²) < 4.78 is 12.0. The molecule has 0 spiro atoms. The molecule has 0 bridgehead atoms. The molecule has 3 rings (SSSR count). The highest BCUT2D eigenvalue weighted by Gasteiger charge is 2.20. The van der Waals surface area contributed by atoms with E-state index in [0.29, 0.717) is 11.5 Å². The molecule has 0 aliphatic carbocycles. The monoisotopic (exact) mass is 244 g/mol. The van der Waals surface area contributed by atoms with E-state index in [9.17, 15) is 9.90 Å². The molecule has 0 atom stereocenters. The number of fused-ring (bicyclic) bond motifs is 3. The molecule has 2 heterocycles. The molecule has 1 aromatic carbocycles. The average Bonchev–Trinajstić information content (AvgIpc) is 2.69. The van der Waals surface area contributed by atoms with Crippen molar-refractivity contribution in [3.05, 3.63) is 36.5 Å². The van der Waals surface area contributed by atoms with Crippen LogP contribution in [0.4, 0.5) is 0 Å². The number of ether oxygens (including phenoxy) is 1. The maximum Gasteiger partial charge on any atom is 0.385 e. The molecule has 0 saturated heterocycles. The van der Waals surface area contributed by atoms with Crippen molar-refractivity contribution >= 4 is 22.6 Å². The Hall–Kier alpha value is -2.56. The van der Waals surface area contributed by atoms with Crippen molar-refractivity contribution in [2.24, 2.45) is 0 Å². The van der Waals surface area contributed by atoms with Gasteiger partial charge in [-0.2, -0.15) is 0 Å². The van der Waals surface area contributed by atoms with Gasteiger partial charge in [-0.05, 0) is 6.07 Å². The van der Waals surface area contributed by atoms with E-state index in [-0.39, 0.29) is 5.95 Å². The Morgan fingerprint density at radius 3 is 2.94 bits per heavy atom. The summed E-state index contributed by atoms with van der Waals surface area (Å²) in [5.74, 6) is -0.187. The van der Waals surface area contributed by atoms with E-state index in [1.807, 2.05) is 24.3 Å². The van der Waals surface area contributed by atoms with E-state index in [2.05, 4.69) is 0 Å². The maximum atomic E-state index is 11.1. The fraction of sp³-hybridized carbons (Fsp3) is 0.0769. The summed E-state index contributed by atoms with van der Waals surface area (Å²) >= 11 is 0. The zero-order chi connectivity index (χ0) is 12.7. The first-order valence-electron chi connectivity index (χ1n) is 5.39. The second-order valence-corrected chi connectivity index (χ2v) is 3.90. The number of nitrogens with zero attached hydrogens (tertiary/aromatic N) is 1. The molecule has 3 aromatic rings. The van der Waals surface area contributed by atoms with Crippen LogP contribution in [-0.2, 0) is 4.79 Å². The van der Waals surface area contributed by atoms with Crippen molar-refractivity contribution in [2.45, 2.75) is 6.92 Å². The highest BCUT2D eigenvalue weighted by molar-refractivity contribution is 5.86. The second kappa shape index (κ2) is 3.73. The van der Waals surface area contributed by atoms with Gasteiger partial charge >= 0.3 is 17.6 Å². The topological polar surface area (TPSA) is 63.8 Å². The van der Waals surface area contributed by atoms with Crippen molar-refractivity contribution in [1.29, 1.82) is 0 Å². The lowest BCUT2D eigenvalue weighted by atomic mass is 10.2. The summed E-state index contributed by atoms with van der Waals surface area (Å²) in [6.45, 7) is 1.34. The number of aromatic hydroxyl groups is 1. The van der Waals surface area contributed by atoms with Gasteiger partial charge in [-0.15, -0.1) is 4.40 Å². The van der Waals surface area contributed by atoms with Gasteiger partial charge in [0.1, 0.15) is 0 Å². The molecule has 0 aliphatic rings. The predicted molar refractivity (Wildman–Crippen MR) is 62.3 cm³/mol. The minimum atomic E-state index is -0.403. The van der Waals surface area contributed by atoms with Crippen LogP contribution < -0.4 is 9.14 Å². The summed E-state index contributed by atoms with van der Waals surface area (Å²) in [5, 5.41) is 10.2. The molecule has 5 heteroatoms. The van der Waals surface area contributed by atoms with Crippen LogP contribution in [0.2, 0.25) is 0 Å². The van der Waals surface area contributed by atoms with Crippen molar-refractivity contribution in [3.8, 4) is 11.7 Å². The van der Waals surface area contributed by atoms with Crippen molar-refractivity contribution < 1.29 is 23.5 Å². The number of esters is 1. The Balaban J connectivity index is 2.41. The van der Waals surface area contributed by atoms with Gasteiger partial charge in [0.2, 0.25) is 5.52 Å². The first kappa shape index (κ1) is 10.6. The molecule has 0 unspecified atom stereocenters. The zero-order valence-electron chi connectivity index (χ0n) is 9.58. The van der Waals surface area contributed by atoms with Crippen LogP contribution in [0.5, 0.6) is 11.7 Å². The van der Waals surface area contributed by atoms with E-state index in [1.54, 1.807) is 10.5 Å². The van der Waals surface area contributed by atoms with Crippen LogP contribution in [0.1, 0.15) is 6.92 Å². The van der Waals surface area contributed by atoms with Gasteiger partial charge in [-0.25, -0.2) is 0 Å². The van der Waals surface area contributed by atoms with Crippen LogP contribution in [0.25, 0.3) is 16.6 Å². The van der Waals surface area contributed by atoms with E-state index < -0.39 is 5.97 Å². The number of hydrogen-bond donors (Lipinski definition) is 1. The number of carbonyl (C=O) groups is 1. The van der Waals surface area contributed by atoms with Gasteiger partial charge in [-0.1, -0.05) is 12.1 Å². The van der Waals surface area contributed by atoms with Crippen molar-refractivity contribution in [3.63, 3.8) is 0 Å². The van der Waals surface area contributed by atoms with Crippen LogP contribution in [0.3, 0.4) is 0 Å². The fourth-order valence-electron chi connectivity index (χ4n) is 1.97. The number of pyridine rings is 1. The number of carbonyl (C=O) groups excluding carboxylic acids is 1. The number of para-hydroxylation sites is 1. The molecule has 5 nitrogen and oxygen atoms in total. The lowest BCUT2D eigenvalue weighted by molar-refractivity contribution is -0.483. The first-order chi connectivity index (χ1) is 8.65. The smallest absolute Gasteiger partial charge is 0.385 e. The second-order valence-electron chi connectivity index (χ2n) is 3.90. The Bertz CT molecular complexity index is 760. The van der Waals surface area contributed by atoms with Crippen LogP contribution in [-0.4, -0.2) is 11.1 Å².